The molecule has 25 heavy (non-hydrogen) atoms. The van der Waals surface area contributed by atoms with Crippen LogP contribution in [0.1, 0.15) is 79.1 Å². The molecule has 0 bridgehead atoms. The second-order valence-electron chi connectivity index (χ2n) is 7.04. The molecule has 0 radical (unpaired) electrons. The lowest BCUT2D eigenvalue weighted by Crippen LogP contribution is -2.32. The van der Waals surface area contributed by atoms with Gasteiger partial charge in [-0.25, -0.2) is 9.59 Å². The van der Waals surface area contributed by atoms with Gasteiger partial charge in [-0.2, -0.15) is 0 Å². The Hall–Kier alpha value is -1.46. The van der Waals surface area contributed by atoms with Crippen LogP contribution in [0.2, 0.25) is 0 Å². The molecule has 0 N–H and O–H groups in total. The van der Waals surface area contributed by atoms with Crippen molar-refractivity contribution in [2.75, 3.05) is 6.61 Å². The molecule has 1 aliphatic carbocycles. The Kier molecular flexibility index (Phi) is 10.3. The molecule has 0 aromatic heterocycles. The fourth-order valence-corrected chi connectivity index (χ4v) is 2.93. The number of hydrogen-bond acceptors (Lipinski definition) is 6. The molecule has 0 aliphatic heterocycles. The predicted molar refractivity (Wildman–Crippen MR) is 94.5 cm³/mol. The first-order valence-electron chi connectivity index (χ1n) is 9.65. The summed E-state index contributed by atoms with van der Waals surface area (Å²) in [5, 5.41) is 0. The van der Waals surface area contributed by atoms with Crippen LogP contribution >= 0.6 is 0 Å². The van der Waals surface area contributed by atoms with E-state index in [2.05, 4.69) is 13.8 Å². The minimum absolute atomic E-state index is 0.211. The topological polar surface area (TPSA) is 71.1 Å². The van der Waals surface area contributed by atoms with Crippen molar-refractivity contribution in [3.8, 4) is 0 Å². The van der Waals surface area contributed by atoms with E-state index in [0.717, 1.165) is 44.9 Å². The lowest BCUT2D eigenvalue weighted by Gasteiger charge is -2.28. The fourth-order valence-electron chi connectivity index (χ4n) is 2.93. The molecule has 1 rings (SSSR count). The summed E-state index contributed by atoms with van der Waals surface area (Å²) in [6.45, 7) is 8.21. The van der Waals surface area contributed by atoms with Crippen molar-refractivity contribution in [1.82, 2.24) is 0 Å². The molecular formula is C19H34O6. The third kappa shape index (κ3) is 9.56. The van der Waals surface area contributed by atoms with Gasteiger partial charge >= 0.3 is 12.3 Å². The summed E-state index contributed by atoms with van der Waals surface area (Å²) in [5.41, 5.74) is 0. The van der Waals surface area contributed by atoms with Gasteiger partial charge in [-0.05, 0) is 45.4 Å². The van der Waals surface area contributed by atoms with E-state index < -0.39 is 12.3 Å². The van der Waals surface area contributed by atoms with E-state index in [1.807, 2.05) is 0 Å². The van der Waals surface area contributed by atoms with Gasteiger partial charge in [0.2, 0.25) is 0 Å². The van der Waals surface area contributed by atoms with Crippen molar-refractivity contribution in [3.63, 3.8) is 0 Å². The standard InChI is InChI=1S/C19H34O6/c1-5-7-9-15(6-2)13-22-18(20)24-16-10-8-11-17(12-16)25-19(21)23-14(3)4/h14-17H,5-13H2,1-4H3. The summed E-state index contributed by atoms with van der Waals surface area (Å²) in [6, 6.07) is 0. The molecule has 0 amide bonds. The van der Waals surface area contributed by atoms with Crippen molar-refractivity contribution in [1.29, 1.82) is 0 Å². The quantitative estimate of drug-likeness (QED) is 0.526. The maximum atomic E-state index is 11.9. The summed E-state index contributed by atoms with van der Waals surface area (Å²) in [7, 11) is 0. The molecule has 3 unspecified atom stereocenters. The summed E-state index contributed by atoms with van der Waals surface area (Å²) in [6.07, 6.45) is 5.17. The van der Waals surface area contributed by atoms with Crippen LogP contribution in [-0.2, 0) is 18.9 Å². The monoisotopic (exact) mass is 358 g/mol. The maximum Gasteiger partial charge on any atom is 0.508 e. The van der Waals surface area contributed by atoms with Crippen molar-refractivity contribution < 1.29 is 28.5 Å². The Morgan fingerprint density at radius 3 is 2.24 bits per heavy atom. The third-order valence-electron chi connectivity index (χ3n) is 4.42. The molecule has 1 saturated carbocycles. The number of unbranched alkanes of at least 4 members (excludes halogenated alkanes) is 1. The summed E-state index contributed by atoms with van der Waals surface area (Å²) in [5.74, 6) is 0.390. The zero-order valence-corrected chi connectivity index (χ0v) is 16.1. The van der Waals surface area contributed by atoms with Crippen LogP contribution in [-0.4, -0.2) is 37.2 Å². The summed E-state index contributed by atoms with van der Waals surface area (Å²) in [4.78, 5) is 23.5. The highest BCUT2D eigenvalue weighted by Gasteiger charge is 2.28. The Balaban J connectivity index is 2.30. The van der Waals surface area contributed by atoms with E-state index in [9.17, 15) is 9.59 Å². The van der Waals surface area contributed by atoms with Crippen LogP contribution in [0.25, 0.3) is 0 Å². The average Bonchev–Trinajstić information content (AvgIpc) is 2.54. The Bertz CT molecular complexity index is 395. The van der Waals surface area contributed by atoms with Gasteiger partial charge in [0.05, 0.1) is 12.7 Å². The number of rotatable bonds is 9. The van der Waals surface area contributed by atoms with E-state index in [0.29, 0.717) is 18.9 Å². The van der Waals surface area contributed by atoms with Gasteiger partial charge in [-0.3, -0.25) is 0 Å². The molecule has 3 atom stereocenters. The summed E-state index contributed by atoms with van der Waals surface area (Å²) >= 11 is 0. The maximum absolute atomic E-state index is 11.9. The highest BCUT2D eigenvalue weighted by molar-refractivity contribution is 5.61. The SMILES string of the molecule is CCCCC(CC)COC(=O)OC1CCCC(OC(=O)OC(C)C)C1. The number of hydrogen-bond donors (Lipinski definition) is 0. The van der Waals surface area contributed by atoms with E-state index in [1.54, 1.807) is 13.8 Å². The zero-order chi connectivity index (χ0) is 18.7. The Morgan fingerprint density at radius 2 is 1.68 bits per heavy atom. The Labute approximate surface area is 151 Å². The van der Waals surface area contributed by atoms with Gasteiger partial charge in [0.25, 0.3) is 0 Å². The number of ether oxygens (including phenoxy) is 4. The first kappa shape index (κ1) is 21.6. The van der Waals surface area contributed by atoms with Crippen LogP contribution in [0.15, 0.2) is 0 Å². The minimum atomic E-state index is -0.662. The molecule has 0 spiro atoms. The second kappa shape index (κ2) is 12.0. The molecule has 0 heterocycles. The van der Waals surface area contributed by atoms with Crippen LogP contribution in [0.4, 0.5) is 9.59 Å². The lowest BCUT2D eigenvalue weighted by atomic mass is 9.95. The molecule has 0 aromatic carbocycles. The highest BCUT2D eigenvalue weighted by atomic mass is 16.7. The minimum Gasteiger partial charge on any atom is -0.434 e. The van der Waals surface area contributed by atoms with E-state index >= 15 is 0 Å². The summed E-state index contributed by atoms with van der Waals surface area (Å²) < 4.78 is 20.9. The molecule has 0 saturated heterocycles. The van der Waals surface area contributed by atoms with Gasteiger partial charge in [-0.15, -0.1) is 0 Å². The third-order valence-corrected chi connectivity index (χ3v) is 4.42. The van der Waals surface area contributed by atoms with Gasteiger partial charge in [0, 0.05) is 6.42 Å². The second-order valence-corrected chi connectivity index (χ2v) is 7.04. The predicted octanol–water partition coefficient (Wildman–Crippen LogP) is 5.23. The molecule has 6 nitrogen and oxygen atoms in total. The molecule has 6 heteroatoms. The first-order valence-corrected chi connectivity index (χ1v) is 9.65. The number of carbonyl (C=O) groups excluding carboxylic acids is 2. The largest absolute Gasteiger partial charge is 0.508 e. The van der Waals surface area contributed by atoms with Crippen molar-refractivity contribution in [2.45, 2.75) is 97.4 Å². The van der Waals surface area contributed by atoms with Crippen molar-refractivity contribution in [3.05, 3.63) is 0 Å². The lowest BCUT2D eigenvalue weighted by molar-refractivity contribution is -0.0420. The van der Waals surface area contributed by atoms with Crippen LogP contribution in [0, 0.1) is 5.92 Å². The van der Waals surface area contributed by atoms with Crippen molar-refractivity contribution >= 4 is 12.3 Å². The van der Waals surface area contributed by atoms with Crippen molar-refractivity contribution in [2.24, 2.45) is 5.92 Å². The molecule has 1 aliphatic rings. The van der Waals surface area contributed by atoms with Crippen LogP contribution < -0.4 is 0 Å². The normalized spacial score (nSPS) is 21.5. The smallest absolute Gasteiger partial charge is 0.434 e. The van der Waals surface area contributed by atoms with Crippen LogP contribution in [0.3, 0.4) is 0 Å². The fraction of sp³-hybridized carbons (Fsp3) is 0.895. The molecule has 146 valence electrons. The van der Waals surface area contributed by atoms with Gasteiger partial charge in [0.15, 0.2) is 0 Å². The van der Waals surface area contributed by atoms with E-state index in [4.69, 9.17) is 18.9 Å². The van der Waals surface area contributed by atoms with Gasteiger partial charge in [-0.1, -0.05) is 33.1 Å². The number of carbonyl (C=O) groups is 2. The average molecular weight is 358 g/mol. The first-order chi connectivity index (χ1) is 11.9. The molecular weight excluding hydrogens is 324 g/mol. The molecule has 0 aromatic rings. The van der Waals surface area contributed by atoms with E-state index in [-0.39, 0.29) is 18.3 Å². The Morgan fingerprint density at radius 1 is 1.04 bits per heavy atom. The van der Waals surface area contributed by atoms with E-state index in [1.165, 1.54) is 0 Å². The van der Waals surface area contributed by atoms with Gasteiger partial charge < -0.3 is 18.9 Å². The van der Waals surface area contributed by atoms with Gasteiger partial charge in [0.1, 0.15) is 12.2 Å². The van der Waals surface area contributed by atoms with Crippen LogP contribution in [0.5, 0.6) is 0 Å². The molecule has 1 fully saturated rings. The highest BCUT2D eigenvalue weighted by Crippen LogP contribution is 2.24. The zero-order valence-electron chi connectivity index (χ0n) is 16.1.